The molecule has 0 aliphatic rings. The molecule has 0 aliphatic carbocycles. The molecule has 3 aromatic carbocycles. The van der Waals surface area contributed by atoms with Crippen molar-refractivity contribution in [3.8, 4) is 0 Å². The number of rotatable bonds is 5. The van der Waals surface area contributed by atoms with Crippen molar-refractivity contribution in [2.45, 2.75) is 11.8 Å². The molecule has 27 heavy (non-hydrogen) atoms. The van der Waals surface area contributed by atoms with Crippen molar-refractivity contribution in [3.63, 3.8) is 0 Å². The number of hydrogen-bond donors (Lipinski definition) is 2. The van der Waals surface area contributed by atoms with E-state index in [1.807, 2.05) is 12.1 Å². The summed E-state index contributed by atoms with van der Waals surface area (Å²) in [6.45, 7) is 1.69. The molecule has 0 aromatic heterocycles. The van der Waals surface area contributed by atoms with Gasteiger partial charge in [-0.2, -0.15) is 0 Å². The maximum Gasteiger partial charge on any atom is 0.262 e. The van der Waals surface area contributed by atoms with Gasteiger partial charge >= 0.3 is 0 Å². The number of hydrogen-bond acceptors (Lipinski definition) is 3. The highest BCUT2D eigenvalue weighted by Crippen LogP contribution is 2.24. The van der Waals surface area contributed by atoms with Gasteiger partial charge in [-0.05, 0) is 64.8 Å². The van der Waals surface area contributed by atoms with Crippen LogP contribution in [-0.2, 0) is 10.0 Å². The first-order chi connectivity index (χ1) is 12.9. The van der Waals surface area contributed by atoms with Gasteiger partial charge in [-0.1, -0.05) is 36.4 Å². The second-order valence-corrected chi connectivity index (χ2v) is 8.39. The number of amides is 1. The quantitative estimate of drug-likeness (QED) is 0.592. The molecule has 5 nitrogen and oxygen atoms in total. The summed E-state index contributed by atoms with van der Waals surface area (Å²) in [7, 11) is -3.82. The van der Waals surface area contributed by atoms with Crippen LogP contribution in [0.1, 0.15) is 15.9 Å². The fraction of sp³-hybridized carbons (Fsp3) is 0.0500. The van der Waals surface area contributed by atoms with Crippen LogP contribution in [0.25, 0.3) is 0 Å². The molecule has 1 amide bonds. The minimum Gasteiger partial charge on any atom is -0.321 e. The smallest absolute Gasteiger partial charge is 0.262 e. The van der Waals surface area contributed by atoms with Crippen LogP contribution in [-0.4, -0.2) is 14.3 Å². The maximum absolute atomic E-state index is 12.8. The van der Waals surface area contributed by atoms with Gasteiger partial charge in [-0.25, -0.2) is 8.42 Å². The minimum atomic E-state index is -3.82. The van der Waals surface area contributed by atoms with E-state index in [9.17, 15) is 13.2 Å². The van der Waals surface area contributed by atoms with E-state index in [1.54, 1.807) is 61.5 Å². The predicted molar refractivity (Wildman–Crippen MR) is 111 cm³/mol. The highest BCUT2D eigenvalue weighted by atomic mass is 79.9. The lowest BCUT2D eigenvalue weighted by Crippen LogP contribution is -2.17. The molecule has 3 rings (SSSR count). The molecule has 2 N–H and O–H groups in total. The van der Waals surface area contributed by atoms with Crippen molar-refractivity contribution in [1.29, 1.82) is 0 Å². The number of halogens is 1. The summed E-state index contributed by atoms with van der Waals surface area (Å²) in [5.41, 5.74) is 1.87. The molecule has 0 radical (unpaired) electrons. The van der Waals surface area contributed by atoms with Gasteiger partial charge in [0.05, 0.1) is 10.6 Å². The summed E-state index contributed by atoms with van der Waals surface area (Å²) in [5.74, 6) is -0.391. The van der Waals surface area contributed by atoms with Gasteiger partial charge in [0.1, 0.15) is 0 Å². The van der Waals surface area contributed by atoms with E-state index in [-0.39, 0.29) is 10.5 Å². The molecule has 0 fully saturated rings. The van der Waals surface area contributed by atoms with E-state index in [4.69, 9.17) is 0 Å². The Morgan fingerprint density at radius 1 is 0.926 bits per heavy atom. The molecule has 0 aliphatic heterocycles. The molecule has 138 valence electrons. The van der Waals surface area contributed by atoms with Gasteiger partial charge in [0, 0.05) is 15.7 Å². The Kier molecular flexibility index (Phi) is 5.62. The van der Waals surface area contributed by atoms with E-state index >= 15 is 0 Å². The molecule has 0 saturated carbocycles. The first kappa shape index (κ1) is 19.1. The van der Waals surface area contributed by atoms with Gasteiger partial charge < -0.3 is 5.32 Å². The summed E-state index contributed by atoms with van der Waals surface area (Å²) >= 11 is 3.37. The SMILES string of the molecule is Cc1ccc(C(=O)Nc2ccccc2Br)cc1S(=O)(=O)Nc1ccccc1. The van der Waals surface area contributed by atoms with E-state index in [1.165, 1.54) is 6.07 Å². The lowest BCUT2D eigenvalue weighted by atomic mass is 10.1. The van der Waals surface area contributed by atoms with Crippen LogP contribution in [0.3, 0.4) is 0 Å². The van der Waals surface area contributed by atoms with Crippen LogP contribution >= 0.6 is 15.9 Å². The average Bonchev–Trinajstić information content (AvgIpc) is 2.64. The molecule has 0 saturated heterocycles. The molecule has 7 heteroatoms. The molecule has 3 aromatic rings. The number of nitrogens with one attached hydrogen (secondary N) is 2. The number of carbonyl (C=O) groups excluding carboxylic acids is 1. The summed E-state index contributed by atoms with van der Waals surface area (Å²) in [6, 6.07) is 20.4. The molecular formula is C20H17BrN2O3S. The molecule has 0 atom stereocenters. The van der Waals surface area contributed by atoms with Crippen molar-refractivity contribution < 1.29 is 13.2 Å². The Morgan fingerprint density at radius 3 is 2.30 bits per heavy atom. The molecule has 0 unspecified atom stereocenters. The highest BCUT2D eigenvalue weighted by molar-refractivity contribution is 9.10. The maximum atomic E-state index is 12.8. The Morgan fingerprint density at radius 2 is 1.59 bits per heavy atom. The normalized spacial score (nSPS) is 11.0. The summed E-state index contributed by atoms with van der Waals surface area (Å²) in [6.07, 6.45) is 0. The zero-order chi connectivity index (χ0) is 19.4. The van der Waals surface area contributed by atoms with Crippen LogP contribution in [0.15, 0.2) is 82.2 Å². The zero-order valence-corrected chi connectivity index (χ0v) is 16.8. The number of carbonyl (C=O) groups is 1. The summed E-state index contributed by atoms with van der Waals surface area (Å²) < 4.78 is 28.8. The van der Waals surface area contributed by atoms with Crippen molar-refractivity contribution in [2.24, 2.45) is 0 Å². The standard InChI is InChI=1S/C20H17BrN2O3S/c1-14-11-12-15(20(24)22-18-10-6-5-9-17(18)21)13-19(14)27(25,26)23-16-7-3-2-4-8-16/h2-13,23H,1H3,(H,22,24). The zero-order valence-electron chi connectivity index (χ0n) is 14.4. The Labute approximate surface area is 166 Å². The van der Waals surface area contributed by atoms with Crippen LogP contribution in [0.4, 0.5) is 11.4 Å². The number of benzene rings is 3. The number of anilines is 2. The fourth-order valence-electron chi connectivity index (χ4n) is 2.50. The number of aryl methyl sites for hydroxylation is 1. The lowest BCUT2D eigenvalue weighted by molar-refractivity contribution is 0.102. The predicted octanol–water partition coefficient (Wildman–Crippen LogP) is 4.81. The van der Waals surface area contributed by atoms with Gasteiger partial charge in [-0.15, -0.1) is 0 Å². The number of para-hydroxylation sites is 2. The van der Waals surface area contributed by atoms with Crippen molar-refractivity contribution in [3.05, 3.63) is 88.4 Å². The molecule has 0 heterocycles. The third-order valence-corrected chi connectivity index (χ3v) is 6.10. The fourth-order valence-corrected chi connectivity index (χ4v) is 4.22. The first-order valence-corrected chi connectivity index (χ1v) is 10.4. The first-order valence-electron chi connectivity index (χ1n) is 8.11. The largest absolute Gasteiger partial charge is 0.321 e. The molecule has 0 bridgehead atoms. The van der Waals surface area contributed by atoms with E-state index in [0.29, 0.717) is 16.9 Å². The highest BCUT2D eigenvalue weighted by Gasteiger charge is 2.19. The van der Waals surface area contributed by atoms with Crippen molar-refractivity contribution in [1.82, 2.24) is 0 Å². The second-order valence-electron chi connectivity index (χ2n) is 5.89. The summed E-state index contributed by atoms with van der Waals surface area (Å²) in [5, 5.41) is 2.77. The van der Waals surface area contributed by atoms with E-state index in [0.717, 1.165) is 4.47 Å². The van der Waals surface area contributed by atoms with Gasteiger partial charge in [0.2, 0.25) is 0 Å². The Bertz CT molecular complexity index is 1080. The van der Waals surface area contributed by atoms with E-state index < -0.39 is 15.9 Å². The monoisotopic (exact) mass is 444 g/mol. The summed E-state index contributed by atoms with van der Waals surface area (Å²) in [4.78, 5) is 12.6. The number of sulfonamides is 1. The van der Waals surface area contributed by atoms with Gasteiger partial charge in [0.25, 0.3) is 15.9 Å². The van der Waals surface area contributed by atoms with Gasteiger partial charge in [-0.3, -0.25) is 9.52 Å². The van der Waals surface area contributed by atoms with Gasteiger partial charge in [0.15, 0.2) is 0 Å². The third kappa shape index (κ3) is 4.56. The minimum absolute atomic E-state index is 0.0612. The Hall–Kier alpha value is -2.64. The molecule has 0 spiro atoms. The molecular weight excluding hydrogens is 428 g/mol. The topological polar surface area (TPSA) is 75.3 Å². The average molecular weight is 445 g/mol. The van der Waals surface area contributed by atoms with Crippen LogP contribution < -0.4 is 10.0 Å². The third-order valence-electron chi connectivity index (χ3n) is 3.89. The van der Waals surface area contributed by atoms with Crippen LogP contribution in [0, 0.1) is 6.92 Å². The van der Waals surface area contributed by atoms with Crippen LogP contribution in [0.2, 0.25) is 0 Å². The lowest BCUT2D eigenvalue weighted by Gasteiger charge is -2.12. The van der Waals surface area contributed by atoms with Crippen molar-refractivity contribution in [2.75, 3.05) is 10.0 Å². The van der Waals surface area contributed by atoms with E-state index in [2.05, 4.69) is 26.0 Å². The second kappa shape index (κ2) is 7.94. The van der Waals surface area contributed by atoms with Crippen LogP contribution in [0.5, 0.6) is 0 Å². The Balaban J connectivity index is 1.90. The van der Waals surface area contributed by atoms with Crippen molar-refractivity contribution >= 4 is 43.2 Å².